The Kier molecular flexibility index (Phi) is 5.92. The molecule has 1 heterocycles. The molecule has 0 aliphatic heterocycles. The molecule has 0 fully saturated rings. The molecular formula is C14H24N2O2. The van der Waals surface area contributed by atoms with Gasteiger partial charge in [0.15, 0.2) is 0 Å². The molecule has 2 atom stereocenters. The third-order valence-electron chi connectivity index (χ3n) is 3.29. The van der Waals surface area contributed by atoms with E-state index in [2.05, 4.69) is 31.4 Å². The van der Waals surface area contributed by atoms with Crippen molar-refractivity contribution >= 4 is 5.91 Å². The molecule has 1 rings (SSSR count). The highest BCUT2D eigenvalue weighted by Gasteiger charge is 2.14. The quantitative estimate of drug-likeness (QED) is 0.782. The maximum Gasteiger partial charge on any atom is 0.237 e. The van der Waals surface area contributed by atoms with Gasteiger partial charge in [0.25, 0.3) is 0 Å². The third-order valence-corrected chi connectivity index (χ3v) is 3.29. The van der Waals surface area contributed by atoms with Gasteiger partial charge >= 0.3 is 0 Å². The molecule has 1 amide bonds. The standard InChI is InChI=1S/C14H24N2O2/c1-10(2)11(3)8-15-12(4)14(17)16-9-13-6-5-7-18-13/h5-7,10-12,15H,8-9H2,1-4H3,(H,16,17). The van der Waals surface area contributed by atoms with E-state index in [1.54, 1.807) is 6.26 Å². The zero-order chi connectivity index (χ0) is 13.5. The van der Waals surface area contributed by atoms with Crippen molar-refractivity contribution in [2.75, 3.05) is 6.54 Å². The summed E-state index contributed by atoms with van der Waals surface area (Å²) in [4.78, 5) is 11.8. The number of nitrogens with one attached hydrogen (secondary N) is 2. The van der Waals surface area contributed by atoms with E-state index in [0.717, 1.165) is 12.3 Å². The summed E-state index contributed by atoms with van der Waals surface area (Å²) in [6.45, 7) is 9.74. The van der Waals surface area contributed by atoms with Gasteiger partial charge in [0.05, 0.1) is 18.8 Å². The van der Waals surface area contributed by atoms with Crippen molar-refractivity contribution in [2.45, 2.75) is 40.3 Å². The largest absolute Gasteiger partial charge is 0.467 e. The molecule has 0 aliphatic carbocycles. The van der Waals surface area contributed by atoms with E-state index in [-0.39, 0.29) is 11.9 Å². The van der Waals surface area contributed by atoms with Crippen LogP contribution in [0.1, 0.15) is 33.5 Å². The summed E-state index contributed by atoms with van der Waals surface area (Å²) in [6, 6.07) is 3.48. The van der Waals surface area contributed by atoms with Crippen molar-refractivity contribution in [3.63, 3.8) is 0 Å². The highest BCUT2D eigenvalue weighted by Crippen LogP contribution is 2.07. The minimum atomic E-state index is -0.179. The van der Waals surface area contributed by atoms with E-state index in [1.807, 2.05) is 19.1 Å². The molecular weight excluding hydrogens is 228 g/mol. The molecule has 0 bridgehead atoms. The van der Waals surface area contributed by atoms with E-state index in [0.29, 0.717) is 18.4 Å². The average Bonchev–Trinajstić information content (AvgIpc) is 2.85. The van der Waals surface area contributed by atoms with E-state index in [1.165, 1.54) is 0 Å². The molecule has 1 aromatic rings. The van der Waals surface area contributed by atoms with Crippen LogP contribution in [0.2, 0.25) is 0 Å². The molecule has 1 aromatic heterocycles. The zero-order valence-corrected chi connectivity index (χ0v) is 11.7. The molecule has 0 saturated carbocycles. The monoisotopic (exact) mass is 252 g/mol. The predicted octanol–water partition coefficient (Wildman–Crippen LogP) is 2.17. The minimum absolute atomic E-state index is 0.00218. The molecule has 0 aromatic carbocycles. The van der Waals surface area contributed by atoms with Gasteiger partial charge in [-0.15, -0.1) is 0 Å². The first-order valence-electron chi connectivity index (χ1n) is 6.54. The molecule has 0 spiro atoms. The minimum Gasteiger partial charge on any atom is -0.467 e. The van der Waals surface area contributed by atoms with Crippen molar-refractivity contribution in [1.29, 1.82) is 0 Å². The Morgan fingerprint density at radius 1 is 1.33 bits per heavy atom. The van der Waals surface area contributed by atoms with Crippen molar-refractivity contribution in [3.05, 3.63) is 24.2 Å². The number of carbonyl (C=O) groups is 1. The Bertz CT molecular complexity index is 347. The highest BCUT2D eigenvalue weighted by atomic mass is 16.3. The fourth-order valence-corrected chi connectivity index (χ4v) is 1.43. The normalized spacial score (nSPS) is 14.5. The number of carbonyl (C=O) groups excluding carboxylic acids is 1. The van der Waals surface area contributed by atoms with Gasteiger partial charge in [-0.05, 0) is 37.4 Å². The maximum absolute atomic E-state index is 11.8. The molecule has 2 N–H and O–H groups in total. The Balaban J connectivity index is 2.24. The van der Waals surface area contributed by atoms with Crippen molar-refractivity contribution in [2.24, 2.45) is 11.8 Å². The summed E-state index contributed by atoms with van der Waals surface area (Å²) < 4.78 is 5.16. The van der Waals surface area contributed by atoms with E-state index < -0.39 is 0 Å². The lowest BCUT2D eigenvalue weighted by Crippen LogP contribution is -2.43. The Labute approximate surface area is 109 Å². The fraction of sp³-hybridized carbons (Fsp3) is 0.643. The van der Waals surface area contributed by atoms with Gasteiger partial charge < -0.3 is 15.1 Å². The van der Waals surface area contributed by atoms with E-state index in [4.69, 9.17) is 4.42 Å². The Morgan fingerprint density at radius 2 is 2.06 bits per heavy atom. The van der Waals surface area contributed by atoms with Gasteiger partial charge in [0.2, 0.25) is 5.91 Å². The second kappa shape index (κ2) is 7.21. The molecule has 0 saturated heterocycles. The van der Waals surface area contributed by atoms with Crippen LogP contribution in [0, 0.1) is 11.8 Å². The van der Waals surface area contributed by atoms with Crippen LogP contribution in [-0.2, 0) is 11.3 Å². The number of hydrogen-bond acceptors (Lipinski definition) is 3. The van der Waals surface area contributed by atoms with Crippen LogP contribution < -0.4 is 10.6 Å². The highest BCUT2D eigenvalue weighted by molar-refractivity contribution is 5.81. The zero-order valence-electron chi connectivity index (χ0n) is 11.7. The van der Waals surface area contributed by atoms with Gasteiger partial charge in [-0.2, -0.15) is 0 Å². The summed E-state index contributed by atoms with van der Waals surface area (Å²) in [5, 5.41) is 6.09. The fourth-order valence-electron chi connectivity index (χ4n) is 1.43. The lowest BCUT2D eigenvalue weighted by atomic mass is 9.98. The van der Waals surface area contributed by atoms with Gasteiger partial charge in [-0.25, -0.2) is 0 Å². The first kappa shape index (κ1) is 14.8. The predicted molar refractivity (Wildman–Crippen MR) is 72.0 cm³/mol. The molecule has 4 nitrogen and oxygen atoms in total. The Hall–Kier alpha value is -1.29. The van der Waals surface area contributed by atoms with E-state index in [9.17, 15) is 4.79 Å². The number of amides is 1. The summed E-state index contributed by atoms with van der Waals surface area (Å²) in [6.07, 6.45) is 1.60. The Morgan fingerprint density at radius 3 is 2.61 bits per heavy atom. The lowest BCUT2D eigenvalue weighted by molar-refractivity contribution is -0.123. The number of hydrogen-bond donors (Lipinski definition) is 2. The maximum atomic E-state index is 11.8. The molecule has 0 radical (unpaired) electrons. The summed E-state index contributed by atoms with van der Waals surface area (Å²) in [5.74, 6) is 1.95. The van der Waals surface area contributed by atoms with Crippen LogP contribution in [-0.4, -0.2) is 18.5 Å². The van der Waals surface area contributed by atoms with Crippen molar-refractivity contribution in [3.8, 4) is 0 Å². The van der Waals surface area contributed by atoms with Crippen LogP contribution in [0.5, 0.6) is 0 Å². The van der Waals surface area contributed by atoms with Crippen molar-refractivity contribution in [1.82, 2.24) is 10.6 Å². The topological polar surface area (TPSA) is 54.3 Å². The number of rotatable bonds is 7. The lowest BCUT2D eigenvalue weighted by Gasteiger charge is -2.19. The SMILES string of the molecule is CC(NCC(C)C(C)C)C(=O)NCc1ccco1. The van der Waals surface area contributed by atoms with Gasteiger partial charge in [0, 0.05) is 0 Å². The summed E-state index contributed by atoms with van der Waals surface area (Å²) >= 11 is 0. The molecule has 2 unspecified atom stereocenters. The van der Waals surface area contributed by atoms with E-state index >= 15 is 0 Å². The molecule has 102 valence electrons. The van der Waals surface area contributed by atoms with Gasteiger partial charge in [0.1, 0.15) is 5.76 Å². The van der Waals surface area contributed by atoms with Gasteiger partial charge in [-0.1, -0.05) is 20.8 Å². The molecule has 0 aliphatic rings. The van der Waals surface area contributed by atoms with Crippen LogP contribution in [0.25, 0.3) is 0 Å². The second-order valence-electron chi connectivity index (χ2n) is 5.15. The van der Waals surface area contributed by atoms with Crippen molar-refractivity contribution < 1.29 is 9.21 Å². The third kappa shape index (κ3) is 4.92. The molecule has 4 heteroatoms. The van der Waals surface area contributed by atoms with Crippen LogP contribution in [0.15, 0.2) is 22.8 Å². The summed E-state index contributed by atoms with van der Waals surface area (Å²) in [7, 11) is 0. The van der Waals surface area contributed by atoms with Gasteiger partial charge in [-0.3, -0.25) is 4.79 Å². The summed E-state index contributed by atoms with van der Waals surface area (Å²) in [5.41, 5.74) is 0. The van der Waals surface area contributed by atoms with Crippen LogP contribution in [0.3, 0.4) is 0 Å². The second-order valence-corrected chi connectivity index (χ2v) is 5.15. The smallest absolute Gasteiger partial charge is 0.237 e. The van der Waals surface area contributed by atoms with Crippen LogP contribution in [0.4, 0.5) is 0 Å². The average molecular weight is 252 g/mol. The molecule has 18 heavy (non-hydrogen) atoms. The first-order chi connectivity index (χ1) is 8.50. The van der Waals surface area contributed by atoms with Crippen LogP contribution >= 0.6 is 0 Å². The number of furan rings is 1. The first-order valence-corrected chi connectivity index (χ1v) is 6.54.